The maximum atomic E-state index is 14.6. The van der Waals surface area contributed by atoms with E-state index in [2.05, 4.69) is 35.3 Å². The Balaban J connectivity index is -0.0000000381. The highest BCUT2D eigenvalue weighted by Gasteiger charge is 2.35. The number of halogens is 1. The molecule has 2 aliphatic heterocycles. The van der Waals surface area contributed by atoms with Crippen molar-refractivity contribution in [2.24, 2.45) is 5.41 Å². The lowest BCUT2D eigenvalue weighted by Crippen LogP contribution is -2.44. The number of fused-ring (bicyclic) bond motifs is 1. The van der Waals surface area contributed by atoms with Crippen LogP contribution >= 0.6 is 0 Å². The minimum atomic E-state index is -0.327. The number of nitrogens with zero attached hydrogens (tertiary/aromatic N) is 5. The maximum Gasteiger partial charge on any atom is 0.162 e. The number of nitrogens with one attached hydrogen (secondary N) is 1. The maximum absolute atomic E-state index is 14.6. The zero-order chi connectivity index (χ0) is 75.0. The number of H-pyrrole nitrogens is 1. The van der Waals surface area contributed by atoms with Gasteiger partial charge in [0.05, 0.1) is 50.4 Å². The highest BCUT2D eigenvalue weighted by atomic mass is 19.1. The Bertz CT molecular complexity index is 1520. The first-order chi connectivity index (χ1) is 42.3. The molecule has 1 atom stereocenters. The van der Waals surface area contributed by atoms with Crippen molar-refractivity contribution < 1.29 is 89.5 Å². The first-order valence-corrected chi connectivity index (χ1v) is 12.4. The second-order valence-corrected chi connectivity index (χ2v) is 10.5. The third-order valence-electron chi connectivity index (χ3n) is 7.32. The van der Waals surface area contributed by atoms with Crippen molar-refractivity contribution in [1.82, 2.24) is 24.7 Å². The number of aromatic amines is 1. The zero-order valence-corrected chi connectivity index (χ0v) is 21.1. The largest absolute Gasteiger partial charge is 0.380 e. The number of hydrogen-bond acceptors (Lipinski definition) is 6. The Morgan fingerprint density at radius 1 is 1.22 bits per heavy atom. The van der Waals surface area contributed by atoms with Gasteiger partial charge in [-0.05, 0) is 39.0 Å². The van der Waals surface area contributed by atoms with E-state index in [0.717, 1.165) is 65.7 Å². The van der Waals surface area contributed by atoms with Crippen LogP contribution in [0, 0.1) is 25.1 Å². The molecule has 5 heterocycles. The Labute approximate surface area is 288 Å². The van der Waals surface area contributed by atoms with E-state index < -0.39 is 0 Å². The van der Waals surface area contributed by atoms with Gasteiger partial charge in [0.25, 0.3) is 0 Å². The smallest absolute Gasteiger partial charge is 0.162 e. The topological polar surface area (TPSA) is 81.1 Å². The van der Waals surface area contributed by atoms with Gasteiger partial charge in [-0.25, -0.2) is 14.4 Å². The summed E-state index contributed by atoms with van der Waals surface area (Å²) in [5.41, 5.74) is 5.22. The molecular formula is C27H83FN6O2. The molecule has 3 aromatic heterocycles. The number of morpholine rings is 1. The minimum absolute atomic E-state index is 0. The molecule has 1 N–H and O–H groups in total. The number of aromatic nitrogens is 5. The van der Waals surface area contributed by atoms with Crippen molar-refractivity contribution in [3.05, 3.63) is 47.7 Å². The molecule has 0 aliphatic carbocycles. The summed E-state index contributed by atoms with van der Waals surface area (Å²) in [4.78, 5) is 15.3. The molecule has 4 aromatic rings. The Morgan fingerprint density at radius 2 is 2.06 bits per heavy atom. The Morgan fingerprint density at radius 3 is 2.81 bits per heavy atom. The van der Waals surface area contributed by atoms with Crippen molar-refractivity contribution in [2.75, 3.05) is 37.9 Å². The van der Waals surface area contributed by atoms with E-state index >= 15 is 0 Å². The van der Waals surface area contributed by atoms with E-state index in [1.165, 1.54) is 12.1 Å². The predicted molar refractivity (Wildman–Crippen MR) is 191 cm³/mol. The van der Waals surface area contributed by atoms with E-state index in [9.17, 15) is 4.39 Å². The highest BCUT2D eigenvalue weighted by Crippen LogP contribution is 2.35. The molecule has 0 bridgehead atoms. The molecule has 1 aromatic carbocycles. The summed E-state index contributed by atoms with van der Waals surface area (Å²) < 4.78 is 278. The van der Waals surface area contributed by atoms with Crippen LogP contribution in [0.1, 0.15) is 101 Å². The third-order valence-corrected chi connectivity index (χ3v) is 7.32. The van der Waals surface area contributed by atoms with Crippen molar-refractivity contribution in [1.29, 1.82) is 0 Å². The normalized spacial score (nSPS) is 25.1. The van der Waals surface area contributed by atoms with Crippen LogP contribution in [0.15, 0.2) is 30.5 Å². The molecule has 2 saturated heterocycles. The quantitative estimate of drug-likeness (QED) is 0.248. The van der Waals surface area contributed by atoms with Crippen molar-refractivity contribution in [3.8, 4) is 22.6 Å². The second kappa shape index (κ2) is 8.67. The number of ether oxygens (including phenoxy) is 2. The Kier molecular flexibility index (Phi) is 2.01. The third kappa shape index (κ3) is 3.96. The number of rotatable bonds is 5. The molecule has 0 radical (unpaired) electrons. The number of hydrogen-bond donors (Lipinski definition) is 1. The van der Waals surface area contributed by atoms with Gasteiger partial charge < -0.3 is 19.4 Å². The van der Waals surface area contributed by atoms with Crippen LogP contribution in [0.3, 0.4) is 0 Å². The van der Waals surface area contributed by atoms with E-state index in [1.807, 2.05) is 25.3 Å². The van der Waals surface area contributed by atoms with Crippen LogP contribution in [0.4, 0.5) is 10.2 Å². The van der Waals surface area contributed by atoms with Gasteiger partial charge in [0, 0.05) is 128 Å². The molecule has 0 unspecified atom stereocenters. The van der Waals surface area contributed by atoms with Crippen molar-refractivity contribution >= 4 is 16.7 Å². The number of benzene rings is 1. The monoisotopic (exact) mass is 594 g/mol. The van der Waals surface area contributed by atoms with E-state index in [0.29, 0.717) is 24.6 Å². The lowest BCUT2D eigenvalue weighted by atomic mass is 9.89. The van der Waals surface area contributed by atoms with Crippen molar-refractivity contribution in [2.45, 2.75) is 40.3 Å². The lowest BCUT2D eigenvalue weighted by Gasteiger charge is -2.38. The van der Waals surface area contributed by atoms with Crippen molar-refractivity contribution in [3.63, 3.8) is 0 Å². The number of anilines is 1. The molecule has 2 fully saturated rings. The zero-order valence-electron chi connectivity index (χ0n) is 71.1. The molecule has 6 rings (SSSR count). The van der Waals surface area contributed by atoms with Crippen LogP contribution in [0.2, 0.25) is 0 Å². The first-order valence-electron chi connectivity index (χ1n) is 37.4. The van der Waals surface area contributed by atoms with Gasteiger partial charge in [0.15, 0.2) is 5.82 Å². The molecule has 0 saturated carbocycles. The standard InChI is InChI=1S/C27H31FN6O2.26H2/c1-16-12-35-8-7-33(16)24-11-23(25-17(2)32-34(18(25)3)13-27(4)14-36-15-27)30-26(31-24)21-9-19(28)10-22-20(21)5-6-29-22;;;;;;;;;;;;;;;;;;;;;;;;;;/h5-6,9-11,16,29H,7-8,12-15H2,1-4H3;26*1H/t16-;;;;;;;;;;;;;;;;;;;;;;;;;;/m1........................../s1/i;25*1+1D;1+1. The molecule has 2 aliphatic rings. The lowest BCUT2D eigenvalue weighted by molar-refractivity contribution is -0.111. The molecule has 8 nitrogen and oxygen atoms in total. The van der Waals surface area contributed by atoms with E-state index in [1.54, 1.807) is 0 Å². The fourth-order valence-corrected chi connectivity index (χ4v) is 5.34. The van der Waals surface area contributed by atoms with Gasteiger partial charge in [-0.2, -0.15) is 5.10 Å². The summed E-state index contributed by atoms with van der Waals surface area (Å²) in [6, 6.07) is 7.15. The molecule has 240 valence electrons. The average Bonchev–Trinajstić information content (AvgIpc) is 4.25. The van der Waals surface area contributed by atoms with Crippen LogP contribution in [0.5, 0.6) is 0 Å². The summed E-state index contributed by atoms with van der Waals surface area (Å²) in [5, 5.41) is 5.76. The second-order valence-electron chi connectivity index (χ2n) is 10.5. The highest BCUT2D eigenvalue weighted by molar-refractivity contribution is 5.94. The van der Waals surface area contributed by atoms with Gasteiger partial charge in [0.1, 0.15) is 11.6 Å². The molecule has 0 spiro atoms. The fourth-order valence-electron chi connectivity index (χ4n) is 5.34. The molecule has 36 heavy (non-hydrogen) atoms. The summed E-state index contributed by atoms with van der Waals surface area (Å²) in [7, 11) is 0. The van der Waals surface area contributed by atoms with E-state index in [-0.39, 0.29) is 18.7 Å². The Hall–Kier alpha value is -3.30. The van der Waals surface area contributed by atoms with Gasteiger partial charge in [-0.15, -0.1) is 0 Å². The summed E-state index contributed by atoms with van der Waals surface area (Å²) in [6.45, 7) is 12.7. The summed E-state index contributed by atoms with van der Waals surface area (Å²) >= 11 is 0. The number of aryl methyl sites for hydroxylation is 1. The molecule has 9 heteroatoms. The van der Waals surface area contributed by atoms with Crippen LogP contribution in [-0.2, 0) is 16.0 Å². The summed E-state index contributed by atoms with van der Waals surface area (Å²) in [6.07, 6.45) is 1.81. The SMILES string of the molecule is Cc1nn(CC2(C)COC2)c(C)c1-c1cc(N2CCOC[C@H]2C)nc(-c2cc(F)cc3[nH]ccc23)n1.[2HH].[2H][2H].[2H][2H].[2H][2H].[2H][2H].[2H][2H].[2H][2H].[2H][2H].[2H][2H].[2H][2H].[2H][2H].[2H][2H].[2H][2H].[2H][2H].[2H][2H].[2H][2H].[2H][2H].[2H][2H].[2H][2H].[2H][2H].[2H][2H].[2H][2H].[2H][2H].[2H][2H].[2H][2H].[2H][2H]. The summed E-state index contributed by atoms with van der Waals surface area (Å²) in [5.74, 6) is 0.979. The molecular weight excluding hydrogens is 459 g/mol. The molecule has 0 amide bonds. The van der Waals surface area contributed by atoms with Gasteiger partial charge >= 0.3 is 0 Å². The van der Waals surface area contributed by atoms with Crippen LogP contribution < -0.4 is 4.90 Å². The fraction of sp³-hybridized carbons (Fsp3) is 0.444. The first kappa shape index (κ1) is 8.36. The predicted octanol–water partition coefficient (Wildman–Crippen LogP) is 10.9. The van der Waals surface area contributed by atoms with Gasteiger partial charge in [0.2, 0.25) is 0 Å². The van der Waals surface area contributed by atoms with Gasteiger partial charge in [-0.1, -0.05) is 6.92 Å². The van der Waals surface area contributed by atoms with Crippen LogP contribution in [0.25, 0.3) is 33.5 Å². The van der Waals surface area contributed by atoms with E-state index in [4.69, 9.17) is 98.8 Å². The van der Waals surface area contributed by atoms with Crippen LogP contribution in [-0.4, -0.2) is 63.7 Å². The average molecular weight is 594 g/mol. The minimum Gasteiger partial charge on any atom is -0.380 e. The van der Waals surface area contributed by atoms with Gasteiger partial charge in [-0.3, -0.25) is 4.68 Å².